The van der Waals surface area contributed by atoms with Crippen LogP contribution in [0.3, 0.4) is 0 Å². The lowest BCUT2D eigenvalue weighted by Crippen LogP contribution is -2.36. The normalized spacial score (nSPS) is 20.3. The Kier molecular flexibility index (Phi) is 3.23. The molecule has 1 aromatic rings. The molecule has 0 spiro atoms. The smallest absolute Gasteiger partial charge is 0.134 e. The summed E-state index contributed by atoms with van der Waals surface area (Å²) < 4.78 is 11.2. The molecule has 0 radical (unpaired) electrons. The second-order valence-electron chi connectivity index (χ2n) is 3.62. The van der Waals surface area contributed by atoms with E-state index in [1.165, 1.54) is 0 Å². The molecule has 2 heterocycles. The maximum Gasteiger partial charge on any atom is 0.134 e. The molecule has 1 saturated heterocycles. The fourth-order valence-electron chi connectivity index (χ4n) is 1.89. The SMILES string of the molecule is CCOC1(c2nc(N)cs2)CCOCC1. The van der Waals surface area contributed by atoms with E-state index in [0.717, 1.165) is 31.1 Å². The molecule has 0 bridgehead atoms. The molecule has 1 aliphatic heterocycles. The van der Waals surface area contributed by atoms with E-state index < -0.39 is 0 Å². The zero-order chi connectivity index (χ0) is 10.7. The first-order valence-corrected chi connectivity index (χ1v) is 6.08. The van der Waals surface area contributed by atoms with Crippen molar-refractivity contribution in [2.45, 2.75) is 25.4 Å². The number of anilines is 1. The van der Waals surface area contributed by atoms with Gasteiger partial charge in [0.25, 0.3) is 0 Å². The van der Waals surface area contributed by atoms with E-state index in [1.54, 1.807) is 11.3 Å². The molecular weight excluding hydrogens is 212 g/mol. The topological polar surface area (TPSA) is 57.4 Å². The Balaban J connectivity index is 2.24. The molecule has 0 aromatic carbocycles. The van der Waals surface area contributed by atoms with Crippen LogP contribution in [-0.4, -0.2) is 24.8 Å². The number of nitrogens with zero attached hydrogens (tertiary/aromatic N) is 1. The molecule has 0 amide bonds. The summed E-state index contributed by atoms with van der Waals surface area (Å²) in [6.07, 6.45) is 1.74. The molecule has 84 valence electrons. The first kappa shape index (κ1) is 10.9. The molecule has 5 heteroatoms. The van der Waals surface area contributed by atoms with Gasteiger partial charge in [0.1, 0.15) is 16.4 Å². The maximum absolute atomic E-state index is 5.88. The average molecular weight is 228 g/mol. The van der Waals surface area contributed by atoms with Crippen molar-refractivity contribution in [2.75, 3.05) is 25.6 Å². The van der Waals surface area contributed by atoms with Crippen LogP contribution >= 0.6 is 11.3 Å². The highest BCUT2D eigenvalue weighted by molar-refractivity contribution is 7.10. The largest absolute Gasteiger partial charge is 0.383 e. The van der Waals surface area contributed by atoms with Gasteiger partial charge in [0.05, 0.1) is 0 Å². The predicted octanol–water partition coefficient (Wildman–Crippen LogP) is 1.77. The van der Waals surface area contributed by atoms with Crippen molar-refractivity contribution >= 4 is 17.2 Å². The van der Waals surface area contributed by atoms with Gasteiger partial charge in [0, 0.05) is 38.0 Å². The zero-order valence-corrected chi connectivity index (χ0v) is 9.68. The molecule has 2 rings (SSSR count). The van der Waals surface area contributed by atoms with Gasteiger partial charge in [-0.05, 0) is 6.92 Å². The Hall–Kier alpha value is -0.650. The van der Waals surface area contributed by atoms with Crippen molar-refractivity contribution in [3.63, 3.8) is 0 Å². The number of ether oxygens (including phenoxy) is 2. The van der Waals surface area contributed by atoms with Gasteiger partial charge in [0.2, 0.25) is 0 Å². The maximum atomic E-state index is 5.88. The van der Waals surface area contributed by atoms with E-state index in [1.807, 2.05) is 12.3 Å². The van der Waals surface area contributed by atoms with Gasteiger partial charge in [-0.25, -0.2) is 4.98 Å². The van der Waals surface area contributed by atoms with E-state index in [2.05, 4.69) is 4.98 Å². The molecule has 0 saturated carbocycles. The van der Waals surface area contributed by atoms with Crippen LogP contribution in [0.2, 0.25) is 0 Å². The zero-order valence-electron chi connectivity index (χ0n) is 8.86. The van der Waals surface area contributed by atoms with Crippen LogP contribution in [0, 0.1) is 0 Å². The number of rotatable bonds is 3. The van der Waals surface area contributed by atoms with Gasteiger partial charge in [-0.3, -0.25) is 0 Å². The third-order valence-electron chi connectivity index (χ3n) is 2.63. The van der Waals surface area contributed by atoms with Gasteiger partial charge in [-0.1, -0.05) is 0 Å². The molecule has 1 aliphatic rings. The number of thiazole rings is 1. The van der Waals surface area contributed by atoms with Crippen molar-refractivity contribution in [1.29, 1.82) is 0 Å². The van der Waals surface area contributed by atoms with Crippen LogP contribution < -0.4 is 5.73 Å². The fraction of sp³-hybridized carbons (Fsp3) is 0.700. The molecule has 0 unspecified atom stereocenters. The second kappa shape index (κ2) is 4.47. The highest BCUT2D eigenvalue weighted by atomic mass is 32.1. The lowest BCUT2D eigenvalue weighted by atomic mass is 9.95. The number of aromatic nitrogens is 1. The average Bonchev–Trinajstić information content (AvgIpc) is 2.67. The van der Waals surface area contributed by atoms with Crippen molar-refractivity contribution < 1.29 is 9.47 Å². The molecule has 1 fully saturated rings. The molecule has 15 heavy (non-hydrogen) atoms. The summed E-state index contributed by atoms with van der Waals surface area (Å²) in [6, 6.07) is 0. The summed E-state index contributed by atoms with van der Waals surface area (Å²) in [6.45, 7) is 4.17. The standard InChI is InChI=1S/C10H16N2O2S/c1-2-14-10(3-5-13-6-4-10)9-12-8(11)7-15-9/h7H,2-6,11H2,1H3. The van der Waals surface area contributed by atoms with E-state index >= 15 is 0 Å². The van der Waals surface area contributed by atoms with Gasteiger partial charge < -0.3 is 15.2 Å². The van der Waals surface area contributed by atoms with Crippen LogP contribution in [0.25, 0.3) is 0 Å². The van der Waals surface area contributed by atoms with Crippen molar-refractivity contribution in [3.05, 3.63) is 10.4 Å². The first-order valence-electron chi connectivity index (χ1n) is 5.20. The molecule has 0 aliphatic carbocycles. The third-order valence-corrected chi connectivity index (χ3v) is 3.68. The number of hydrogen-bond acceptors (Lipinski definition) is 5. The third kappa shape index (κ3) is 2.14. The van der Waals surface area contributed by atoms with Crippen LogP contribution in [-0.2, 0) is 15.1 Å². The van der Waals surface area contributed by atoms with Crippen molar-refractivity contribution in [2.24, 2.45) is 0 Å². The van der Waals surface area contributed by atoms with Gasteiger partial charge in [-0.15, -0.1) is 11.3 Å². The van der Waals surface area contributed by atoms with Gasteiger partial charge >= 0.3 is 0 Å². The second-order valence-corrected chi connectivity index (χ2v) is 4.48. The molecule has 1 aromatic heterocycles. The Bertz CT molecular complexity index is 315. The Morgan fingerprint density at radius 3 is 2.87 bits per heavy atom. The predicted molar refractivity (Wildman–Crippen MR) is 59.9 cm³/mol. The van der Waals surface area contributed by atoms with E-state index in [0.29, 0.717) is 12.4 Å². The minimum absolute atomic E-state index is 0.255. The molecule has 4 nitrogen and oxygen atoms in total. The first-order chi connectivity index (χ1) is 7.27. The lowest BCUT2D eigenvalue weighted by molar-refractivity contribution is -0.112. The number of hydrogen-bond donors (Lipinski definition) is 1. The molecule has 0 atom stereocenters. The van der Waals surface area contributed by atoms with E-state index in [9.17, 15) is 0 Å². The highest BCUT2D eigenvalue weighted by Crippen LogP contribution is 2.38. The fourth-order valence-corrected chi connectivity index (χ4v) is 2.81. The summed E-state index contributed by atoms with van der Waals surface area (Å²) in [4.78, 5) is 4.34. The number of nitrogen functional groups attached to an aromatic ring is 1. The van der Waals surface area contributed by atoms with Crippen LogP contribution in [0.15, 0.2) is 5.38 Å². The van der Waals surface area contributed by atoms with Gasteiger partial charge in [-0.2, -0.15) is 0 Å². The summed E-state index contributed by atoms with van der Waals surface area (Å²) in [5, 5.41) is 2.86. The van der Waals surface area contributed by atoms with Crippen LogP contribution in [0.1, 0.15) is 24.8 Å². The van der Waals surface area contributed by atoms with Crippen molar-refractivity contribution in [1.82, 2.24) is 4.98 Å². The van der Waals surface area contributed by atoms with Crippen LogP contribution in [0.4, 0.5) is 5.82 Å². The van der Waals surface area contributed by atoms with Crippen molar-refractivity contribution in [3.8, 4) is 0 Å². The van der Waals surface area contributed by atoms with E-state index in [4.69, 9.17) is 15.2 Å². The number of nitrogens with two attached hydrogens (primary N) is 1. The minimum atomic E-state index is -0.255. The van der Waals surface area contributed by atoms with E-state index in [-0.39, 0.29) is 5.60 Å². The Morgan fingerprint density at radius 2 is 2.33 bits per heavy atom. The summed E-state index contributed by atoms with van der Waals surface area (Å²) in [5.74, 6) is 0.584. The summed E-state index contributed by atoms with van der Waals surface area (Å²) in [5.41, 5.74) is 5.40. The lowest BCUT2D eigenvalue weighted by Gasteiger charge is -2.34. The monoisotopic (exact) mass is 228 g/mol. The van der Waals surface area contributed by atoms with Crippen LogP contribution in [0.5, 0.6) is 0 Å². The molecular formula is C10H16N2O2S. The Morgan fingerprint density at radius 1 is 1.60 bits per heavy atom. The quantitative estimate of drug-likeness (QED) is 0.856. The summed E-state index contributed by atoms with van der Waals surface area (Å²) in [7, 11) is 0. The Labute approximate surface area is 93.4 Å². The molecule has 2 N–H and O–H groups in total. The minimum Gasteiger partial charge on any atom is -0.383 e. The summed E-state index contributed by atoms with van der Waals surface area (Å²) >= 11 is 1.58. The highest BCUT2D eigenvalue weighted by Gasteiger charge is 2.37. The van der Waals surface area contributed by atoms with Gasteiger partial charge in [0.15, 0.2) is 0 Å².